The van der Waals surface area contributed by atoms with E-state index in [-0.39, 0.29) is 0 Å². The third-order valence-electron chi connectivity index (χ3n) is 3.62. The highest BCUT2D eigenvalue weighted by molar-refractivity contribution is 4.79. The fourth-order valence-electron chi connectivity index (χ4n) is 2.50. The van der Waals surface area contributed by atoms with Gasteiger partial charge in [0.25, 0.3) is 0 Å². The fraction of sp³-hybridized carbons (Fsp3) is 1.00. The Morgan fingerprint density at radius 3 is 2.06 bits per heavy atom. The zero-order valence-corrected chi connectivity index (χ0v) is 13.0. The molecule has 0 rings (SSSR count). The maximum absolute atomic E-state index is 3.45. The molecule has 0 aromatic heterocycles. The van der Waals surface area contributed by atoms with E-state index in [0.717, 1.165) is 26.2 Å². The first-order chi connectivity index (χ1) is 7.93. The van der Waals surface area contributed by atoms with E-state index in [0.29, 0.717) is 18.0 Å². The molecule has 0 saturated heterocycles. The number of nitrogens with one attached hydrogen (secondary N) is 1. The van der Waals surface area contributed by atoms with Gasteiger partial charge >= 0.3 is 0 Å². The highest BCUT2D eigenvalue weighted by atomic mass is 15.2. The van der Waals surface area contributed by atoms with Crippen molar-refractivity contribution in [2.24, 2.45) is 5.92 Å². The zero-order valence-electron chi connectivity index (χ0n) is 13.0. The van der Waals surface area contributed by atoms with Gasteiger partial charge in [0, 0.05) is 18.6 Å². The van der Waals surface area contributed by atoms with Crippen LogP contribution in [0.4, 0.5) is 0 Å². The van der Waals surface area contributed by atoms with Crippen molar-refractivity contribution in [3.63, 3.8) is 0 Å². The van der Waals surface area contributed by atoms with Crippen molar-refractivity contribution in [3.05, 3.63) is 0 Å². The molecule has 3 heteroatoms. The van der Waals surface area contributed by atoms with Crippen LogP contribution >= 0.6 is 0 Å². The molecule has 3 atom stereocenters. The lowest BCUT2D eigenvalue weighted by atomic mass is 10.00. The lowest BCUT2D eigenvalue weighted by molar-refractivity contribution is 0.104. The zero-order chi connectivity index (χ0) is 13.4. The van der Waals surface area contributed by atoms with Crippen LogP contribution in [0.1, 0.15) is 34.6 Å². The summed E-state index contributed by atoms with van der Waals surface area (Å²) in [6.07, 6.45) is 0. The molecule has 3 nitrogen and oxygen atoms in total. The Morgan fingerprint density at radius 2 is 1.65 bits per heavy atom. The third-order valence-corrected chi connectivity index (χ3v) is 3.62. The summed E-state index contributed by atoms with van der Waals surface area (Å²) in [5, 5.41) is 3.45. The molecule has 0 heterocycles. The smallest absolute Gasteiger partial charge is 0.0197 e. The summed E-state index contributed by atoms with van der Waals surface area (Å²) in [5.74, 6) is 0.694. The molecule has 0 aliphatic heterocycles. The van der Waals surface area contributed by atoms with Crippen LogP contribution < -0.4 is 5.32 Å². The number of hydrogen-bond donors (Lipinski definition) is 1. The molecule has 104 valence electrons. The van der Waals surface area contributed by atoms with Crippen LogP contribution in [-0.2, 0) is 0 Å². The van der Waals surface area contributed by atoms with Crippen molar-refractivity contribution >= 4 is 0 Å². The molecule has 17 heavy (non-hydrogen) atoms. The summed E-state index contributed by atoms with van der Waals surface area (Å²) in [7, 11) is 4.30. The van der Waals surface area contributed by atoms with Gasteiger partial charge in [-0.3, -0.25) is 4.90 Å². The van der Waals surface area contributed by atoms with Gasteiger partial charge in [-0.05, 0) is 53.5 Å². The Labute approximate surface area is 109 Å². The van der Waals surface area contributed by atoms with E-state index in [9.17, 15) is 0 Å². The predicted octanol–water partition coefficient (Wildman–Crippen LogP) is 1.89. The molecular weight excluding hydrogens is 210 g/mol. The van der Waals surface area contributed by atoms with E-state index in [1.807, 2.05) is 0 Å². The van der Waals surface area contributed by atoms with Crippen molar-refractivity contribution < 1.29 is 0 Å². The number of rotatable bonds is 9. The summed E-state index contributed by atoms with van der Waals surface area (Å²) in [5.41, 5.74) is 0. The molecule has 0 fully saturated rings. The first-order valence-corrected chi connectivity index (χ1v) is 7.05. The second kappa shape index (κ2) is 8.90. The number of likely N-dealkylation sites (N-methyl/N-ethyl adjacent to an activating group) is 2. The van der Waals surface area contributed by atoms with Gasteiger partial charge in [0.05, 0.1) is 0 Å². The summed E-state index contributed by atoms with van der Waals surface area (Å²) >= 11 is 0. The van der Waals surface area contributed by atoms with E-state index in [1.165, 1.54) is 0 Å². The molecule has 0 aliphatic rings. The van der Waals surface area contributed by atoms with Crippen molar-refractivity contribution in [2.75, 3.05) is 40.3 Å². The predicted molar refractivity (Wildman–Crippen MR) is 77.6 cm³/mol. The van der Waals surface area contributed by atoms with E-state index in [2.05, 4.69) is 63.8 Å². The first kappa shape index (κ1) is 16.9. The van der Waals surface area contributed by atoms with Gasteiger partial charge < -0.3 is 10.2 Å². The van der Waals surface area contributed by atoms with Gasteiger partial charge in [-0.2, -0.15) is 0 Å². The Morgan fingerprint density at radius 1 is 1.06 bits per heavy atom. The Bertz CT molecular complexity index is 182. The fourth-order valence-corrected chi connectivity index (χ4v) is 2.50. The van der Waals surface area contributed by atoms with Crippen LogP contribution in [-0.4, -0.2) is 62.2 Å². The summed E-state index contributed by atoms with van der Waals surface area (Å²) in [6, 6.07) is 1.25. The van der Waals surface area contributed by atoms with Gasteiger partial charge in [-0.1, -0.05) is 20.8 Å². The van der Waals surface area contributed by atoms with Crippen LogP contribution in [0, 0.1) is 5.92 Å². The lowest BCUT2D eigenvalue weighted by Gasteiger charge is -2.38. The van der Waals surface area contributed by atoms with Gasteiger partial charge in [-0.15, -0.1) is 0 Å². The number of hydrogen-bond acceptors (Lipinski definition) is 3. The quantitative estimate of drug-likeness (QED) is 0.667. The van der Waals surface area contributed by atoms with Gasteiger partial charge in [0.2, 0.25) is 0 Å². The molecular formula is C14H33N3. The van der Waals surface area contributed by atoms with Crippen LogP contribution in [0.25, 0.3) is 0 Å². The molecule has 0 spiro atoms. The van der Waals surface area contributed by atoms with Crippen LogP contribution in [0.3, 0.4) is 0 Å². The molecule has 0 saturated carbocycles. The molecule has 0 aromatic rings. The Balaban J connectivity index is 4.31. The highest BCUT2D eigenvalue weighted by Crippen LogP contribution is 2.14. The van der Waals surface area contributed by atoms with Gasteiger partial charge in [-0.25, -0.2) is 0 Å². The first-order valence-electron chi connectivity index (χ1n) is 7.05. The normalized spacial score (nSPS) is 17.5. The van der Waals surface area contributed by atoms with Crippen LogP contribution in [0.5, 0.6) is 0 Å². The molecule has 0 amide bonds. The monoisotopic (exact) mass is 243 g/mol. The van der Waals surface area contributed by atoms with Crippen LogP contribution in [0.15, 0.2) is 0 Å². The summed E-state index contributed by atoms with van der Waals surface area (Å²) < 4.78 is 0. The molecule has 0 aromatic carbocycles. The average molecular weight is 243 g/mol. The molecule has 1 N–H and O–H groups in total. The second-order valence-corrected chi connectivity index (χ2v) is 5.47. The van der Waals surface area contributed by atoms with Crippen molar-refractivity contribution in [2.45, 2.75) is 46.7 Å². The number of nitrogens with zero attached hydrogens (tertiary/aromatic N) is 2. The van der Waals surface area contributed by atoms with E-state index in [4.69, 9.17) is 0 Å². The molecule has 0 radical (unpaired) electrons. The van der Waals surface area contributed by atoms with E-state index >= 15 is 0 Å². The molecule has 0 bridgehead atoms. The minimum Gasteiger partial charge on any atom is -0.317 e. The maximum atomic E-state index is 3.45. The largest absolute Gasteiger partial charge is 0.317 e. The lowest BCUT2D eigenvalue weighted by Crippen LogP contribution is -2.48. The SMILES string of the molecule is CCNCC(C)C(C)N(CC)C(C)CN(C)C. The minimum absolute atomic E-state index is 0.620. The van der Waals surface area contributed by atoms with E-state index < -0.39 is 0 Å². The summed E-state index contributed by atoms with van der Waals surface area (Å²) in [4.78, 5) is 4.89. The molecule has 3 unspecified atom stereocenters. The van der Waals surface area contributed by atoms with Gasteiger partial charge in [0.15, 0.2) is 0 Å². The van der Waals surface area contributed by atoms with Crippen molar-refractivity contribution in [3.8, 4) is 0 Å². The average Bonchev–Trinajstić information content (AvgIpc) is 2.25. The van der Waals surface area contributed by atoms with Crippen molar-refractivity contribution in [1.29, 1.82) is 0 Å². The topological polar surface area (TPSA) is 18.5 Å². The summed E-state index contributed by atoms with van der Waals surface area (Å²) in [6.45, 7) is 15.9. The standard InChI is InChI=1S/C14H33N3/c1-8-15-10-12(3)14(5)17(9-2)13(4)11-16(6)7/h12-15H,8-11H2,1-7H3. The molecule has 0 aliphatic carbocycles. The van der Waals surface area contributed by atoms with Crippen molar-refractivity contribution in [1.82, 2.24) is 15.1 Å². The second-order valence-electron chi connectivity index (χ2n) is 5.47. The minimum atomic E-state index is 0.620. The Kier molecular flexibility index (Phi) is 8.83. The highest BCUT2D eigenvalue weighted by Gasteiger charge is 2.23. The third kappa shape index (κ3) is 6.39. The maximum Gasteiger partial charge on any atom is 0.0197 e. The van der Waals surface area contributed by atoms with Gasteiger partial charge in [0.1, 0.15) is 0 Å². The Hall–Kier alpha value is -0.120. The van der Waals surface area contributed by atoms with Crippen LogP contribution in [0.2, 0.25) is 0 Å². The van der Waals surface area contributed by atoms with E-state index in [1.54, 1.807) is 0 Å².